The molecule has 0 unspecified atom stereocenters. The van der Waals surface area contributed by atoms with Crippen LogP contribution in [0.1, 0.15) is 41.3 Å². The molecule has 1 N–H and O–H groups in total. The third kappa shape index (κ3) is 2.72. The Hall–Kier alpha value is -2.62. The van der Waals surface area contributed by atoms with Crippen LogP contribution < -0.4 is 10.1 Å². The fourth-order valence-electron chi connectivity index (χ4n) is 2.54. The summed E-state index contributed by atoms with van der Waals surface area (Å²) in [5.74, 6) is 0.875. The highest BCUT2D eigenvalue weighted by Crippen LogP contribution is 2.31. The van der Waals surface area contributed by atoms with E-state index in [9.17, 15) is 9.59 Å². The largest absolute Gasteiger partial charge is 0.457 e. The van der Waals surface area contributed by atoms with E-state index in [1.54, 1.807) is 18.2 Å². The minimum absolute atomic E-state index is 0.199. The number of fused-ring (bicyclic) bond motifs is 1. The summed E-state index contributed by atoms with van der Waals surface area (Å²) in [4.78, 5) is 23.5. The van der Waals surface area contributed by atoms with Gasteiger partial charge in [-0.3, -0.25) is 14.9 Å². The molecule has 2 aromatic carbocycles. The Morgan fingerprint density at radius 3 is 2.64 bits per heavy atom. The minimum Gasteiger partial charge on any atom is -0.457 e. The lowest BCUT2D eigenvalue weighted by Gasteiger charge is -2.19. The molecule has 4 nitrogen and oxygen atoms in total. The van der Waals surface area contributed by atoms with E-state index in [1.165, 1.54) is 5.56 Å². The number of carbonyl (C=O) groups is 2. The van der Waals surface area contributed by atoms with Crippen LogP contribution in [0.3, 0.4) is 0 Å². The Bertz CT molecular complexity index is 750. The predicted octanol–water partition coefficient (Wildman–Crippen LogP) is 3.41. The molecule has 3 rings (SSSR count). The molecule has 112 valence electrons. The van der Waals surface area contributed by atoms with Gasteiger partial charge in [-0.25, -0.2) is 0 Å². The molecule has 0 radical (unpaired) electrons. The minimum atomic E-state index is -0.401. The van der Waals surface area contributed by atoms with Gasteiger partial charge < -0.3 is 4.74 Å². The highest BCUT2D eigenvalue weighted by molar-refractivity contribution is 6.11. The van der Waals surface area contributed by atoms with E-state index in [0.717, 1.165) is 0 Å². The summed E-state index contributed by atoms with van der Waals surface area (Å²) in [5, 5.41) is 2.33. The molecular formula is C18H17NO3. The van der Waals surface area contributed by atoms with E-state index in [-0.39, 0.29) is 12.3 Å². The van der Waals surface area contributed by atoms with Crippen molar-refractivity contribution < 1.29 is 14.3 Å². The van der Waals surface area contributed by atoms with Crippen LogP contribution in [0, 0.1) is 0 Å². The van der Waals surface area contributed by atoms with E-state index < -0.39 is 5.91 Å². The van der Waals surface area contributed by atoms with Crippen LogP contribution in [0.5, 0.6) is 11.5 Å². The van der Waals surface area contributed by atoms with Gasteiger partial charge in [0.05, 0.1) is 12.0 Å². The van der Waals surface area contributed by atoms with Gasteiger partial charge in [-0.05, 0) is 35.2 Å². The fourth-order valence-corrected chi connectivity index (χ4v) is 2.54. The number of benzene rings is 2. The number of hydrogen-bond donors (Lipinski definition) is 1. The van der Waals surface area contributed by atoms with Gasteiger partial charge in [-0.1, -0.05) is 38.1 Å². The van der Waals surface area contributed by atoms with E-state index >= 15 is 0 Å². The Morgan fingerprint density at radius 1 is 1.09 bits per heavy atom. The zero-order chi connectivity index (χ0) is 15.7. The molecule has 0 fully saturated rings. The van der Waals surface area contributed by atoms with Crippen molar-refractivity contribution >= 4 is 11.8 Å². The van der Waals surface area contributed by atoms with Crippen molar-refractivity contribution in [2.24, 2.45) is 0 Å². The second kappa shape index (κ2) is 5.64. The maximum absolute atomic E-state index is 12.1. The monoisotopic (exact) mass is 295 g/mol. The molecule has 2 amide bonds. The van der Waals surface area contributed by atoms with Gasteiger partial charge in [0.1, 0.15) is 11.5 Å². The Kier molecular flexibility index (Phi) is 3.67. The molecule has 0 spiro atoms. The van der Waals surface area contributed by atoms with Gasteiger partial charge in [0.15, 0.2) is 0 Å². The third-order valence-electron chi connectivity index (χ3n) is 3.70. The topological polar surface area (TPSA) is 55.4 Å². The van der Waals surface area contributed by atoms with Gasteiger partial charge in [-0.2, -0.15) is 0 Å². The van der Waals surface area contributed by atoms with Crippen molar-refractivity contribution in [3.05, 3.63) is 59.2 Å². The van der Waals surface area contributed by atoms with Crippen molar-refractivity contribution in [1.82, 2.24) is 5.32 Å². The average molecular weight is 295 g/mol. The zero-order valence-corrected chi connectivity index (χ0v) is 12.6. The number of amides is 2. The second-order valence-corrected chi connectivity index (χ2v) is 5.67. The molecule has 22 heavy (non-hydrogen) atoms. The highest BCUT2D eigenvalue weighted by atomic mass is 16.5. The molecule has 0 bridgehead atoms. The van der Waals surface area contributed by atoms with Gasteiger partial charge >= 0.3 is 0 Å². The lowest BCUT2D eigenvalue weighted by atomic mass is 9.99. The van der Waals surface area contributed by atoms with Crippen molar-refractivity contribution in [3.63, 3.8) is 0 Å². The summed E-state index contributed by atoms with van der Waals surface area (Å²) in [5.41, 5.74) is 2.31. The lowest BCUT2D eigenvalue weighted by Crippen LogP contribution is -2.37. The Labute approximate surface area is 129 Å². The first-order chi connectivity index (χ1) is 10.5. The van der Waals surface area contributed by atoms with Crippen molar-refractivity contribution in [2.45, 2.75) is 26.2 Å². The summed E-state index contributed by atoms with van der Waals surface area (Å²) in [7, 11) is 0. The molecule has 0 aliphatic carbocycles. The quantitative estimate of drug-likeness (QED) is 0.883. The maximum atomic E-state index is 12.1. The second-order valence-electron chi connectivity index (χ2n) is 5.67. The molecule has 1 aliphatic heterocycles. The van der Waals surface area contributed by atoms with Gasteiger partial charge in [0.25, 0.3) is 5.91 Å². The molecule has 1 heterocycles. The van der Waals surface area contributed by atoms with Crippen LogP contribution in [0.15, 0.2) is 42.5 Å². The number of hydrogen-bond acceptors (Lipinski definition) is 3. The van der Waals surface area contributed by atoms with Crippen LogP contribution >= 0.6 is 0 Å². The lowest BCUT2D eigenvalue weighted by molar-refractivity contribution is -0.119. The molecule has 1 aliphatic rings. The van der Waals surface area contributed by atoms with Crippen LogP contribution in [0.4, 0.5) is 0 Å². The van der Waals surface area contributed by atoms with E-state index in [2.05, 4.69) is 19.2 Å². The number of nitrogens with one attached hydrogen (secondary N) is 1. The summed E-state index contributed by atoms with van der Waals surface area (Å²) in [6, 6.07) is 13.1. The highest BCUT2D eigenvalue weighted by Gasteiger charge is 2.26. The van der Waals surface area contributed by atoms with E-state index in [4.69, 9.17) is 4.74 Å². The van der Waals surface area contributed by atoms with Crippen molar-refractivity contribution in [2.75, 3.05) is 0 Å². The fraction of sp³-hybridized carbons (Fsp3) is 0.222. The molecule has 0 atom stereocenters. The first-order valence-corrected chi connectivity index (χ1v) is 7.28. The van der Waals surface area contributed by atoms with Crippen molar-refractivity contribution in [3.8, 4) is 11.5 Å². The van der Waals surface area contributed by atoms with Crippen LogP contribution in [-0.4, -0.2) is 11.8 Å². The molecule has 4 heteroatoms. The standard InChI is InChI=1S/C18H17NO3/c1-11(2)12-5-3-7-14(9-12)22-15-8-4-6-13-10-16(20)19-18(21)17(13)15/h3-9,11H,10H2,1-2H3,(H,19,20,21). The molecule has 0 saturated heterocycles. The number of imide groups is 1. The number of ether oxygens (including phenoxy) is 1. The first kappa shape index (κ1) is 14.3. The predicted molar refractivity (Wildman–Crippen MR) is 83.2 cm³/mol. The van der Waals surface area contributed by atoms with Gasteiger partial charge in [-0.15, -0.1) is 0 Å². The summed E-state index contributed by atoms with van der Waals surface area (Å²) in [6.45, 7) is 4.23. The molecule has 0 aromatic heterocycles. The van der Waals surface area contributed by atoms with Crippen LogP contribution in [-0.2, 0) is 11.2 Å². The molecular weight excluding hydrogens is 278 g/mol. The Balaban J connectivity index is 1.97. The molecule has 0 saturated carbocycles. The summed E-state index contributed by atoms with van der Waals surface area (Å²) >= 11 is 0. The SMILES string of the molecule is CC(C)c1cccc(Oc2cccc3c2C(=O)NC(=O)C3)c1. The summed E-state index contributed by atoms with van der Waals surface area (Å²) in [6.07, 6.45) is 0.199. The maximum Gasteiger partial charge on any atom is 0.261 e. The van der Waals surface area contributed by atoms with E-state index in [0.29, 0.717) is 28.5 Å². The third-order valence-corrected chi connectivity index (χ3v) is 3.70. The van der Waals surface area contributed by atoms with Crippen LogP contribution in [0.2, 0.25) is 0 Å². The van der Waals surface area contributed by atoms with Crippen LogP contribution in [0.25, 0.3) is 0 Å². The van der Waals surface area contributed by atoms with Gasteiger partial charge in [0.2, 0.25) is 5.91 Å². The average Bonchev–Trinajstić information content (AvgIpc) is 2.47. The first-order valence-electron chi connectivity index (χ1n) is 7.28. The van der Waals surface area contributed by atoms with Crippen molar-refractivity contribution in [1.29, 1.82) is 0 Å². The van der Waals surface area contributed by atoms with E-state index in [1.807, 2.05) is 24.3 Å². The smallest absolute Gasteiger partial charge is 0.261 e. The molecule has 2 aromatic rings. The number of carbonyl (C=O) groups excluding carboxylic acids is 2. The number of rotatable bonds is 3. The summed E-state index contributed by atoms with van der Waals surface area (Å²) < 4.78 is 5.90. The normalized spacial score (nSPS) is 13.8. The zero-order valence-electron chi connectivity index (χ0n) is 12.6. The Morgan fingerprint density at radius 2 is 1.86 bits per heavy atom. The van der Waals surface area contributed by atoms with Gasteiger partial charge in [0, 0.05) is 0 Å².